The number of hydrogen-bond donors (Lipinski definition) is 2. The zero-order valence-corrected chi connectivity index (χ0v) is 15.6. The fraction of sp³-hybridized carbons (Fsp3) is 0.0952. The van der Waals surface area contributed by atoms with Crippen LogP contribution < -0.4 is 20.1 Å². The van der Waals surface area contributed by atoms with Crippen molar-refractivity contribution >= 4 is 17.5 Å². The van der Waals surface area contributed by atoms with Gasteiger partial charge < -0.3 is 24.5 Å². The molecule has 0 saturated carbocycles. The maximum absolute atomic E-state index is 13.4. The molecule has 2 aromatic heterocycles. The molecule has 0 bridgehead atoms. The summed E-state index contributed by atoms with van der Waals surface area (Å²) < 4.78 is 29.8. The van der Waals surface area contributed by atoms with E-state index < -0.39 is 0 Å². The summed E-state index contributed by atoms with van der Waals surface area (Å²) in [4.78, 5) is 4.34. The van der Waals surface area contributed by atoms with Crippen LogP contribution >= 0.6 is 0 Å². The molecule has 8 nitrogen and oxygen atoms in total. The highest BCUT2D eigenvalue weighted by atomic mass is 19.1. The van der Waals surface area contributed by atoms with Crippen LogP contribution in [0.3, 0.4) is 0 Å². The molecule has 9 heteroatoms. The van der Waals surface area contributed by atoms with Crippen LogP contribution in [0.2, 0.25) is 0 Å². The molecule has 0 fully saturated rings. The Labute approximate surface area is 170 Å². The summed E-state index contributed by atoms with van der Waals surface area (Å²) >= 11 is 0. The lowest BCUT2D eigenvalue weighted by atomic mass is 10.2. The fourth-order valence-corrected chi connectivity index (χ4v) is 3.03. The molecule has 4 aromatic rings. The van der Waals surface area contributed by atoms with Crippen LogP contribution in [-0.4, -0.2) is 22.0 Å². The van der Waals surface area contributed by atoms with Gasteiger partial charge in [-0.1, -0.05) is 17.2 Å². The zero-order chi connectivity index (χ0) is 20.3. The number of anilines is 3. The number of fused-ring (bicyclic) bond motifs is 1. The monoisotopic (exact) mass is 405 g/mol. The average Bonchev–Trinajstić information content (AvgIpc) is 3.42. The van der Waals surface area contributed by atoms with Gasteiger partial charge in [-0.2, -0.15) is 0 Å². The molecule has 2 aromatic carbocycles. The number of pyridine rings is 1. The first-order chi connectivity index (χ1) is 14.7. The second kappa shape index (κ2) is 7.70. The number of aromatic nitrogens is 3. The Hall–Kier alpha value is -4.14. The van der Waals surface area contributed by atoms with Gasteiger partial charge in [-0.05, 0) is 42.0 Å². The highest BCUT2D eigenvalue weighted by molar-refractivity contribution is 5.69. The molecule has 0 spiro atoms. The normalized spacial score (nSPS) is 12.0. The summed E-state index contributed by atoms with van der Waals surface area (Å²) in [6, 6.07) is 15.6. The summed E-state index contributed by atoms with van der Waals surface area (Å²) in [5.41, 5.74) is 2.16. The van der Waals surface area contributed by atoms with Gasteiger partial charge in [0.25, 0.3) is 5.89 Å². The summed E-state index contributed by atoms with van der Waals surface area (Å²) in [5, 5.41) is 14.4. The van der Waals surface area contributed by atoms with E-state index in [4.69, 9.17) is 13.9 Å². The van der Waals surface area contributed by atoms with Gasteiger partial charge in [0.2, 0.25) is 6.79 Å². The van der Waals surface area contributed by atoms with E-state index >= 15 is 0 Å². The van der Waals surface area contributed by atoms with Gasteiger partial charge >= 0.3 is 6.01 Å². The molecular weight excluding hydrogens is 389 g/mol. The second-order valence-corrected chi connectivity index (χ2v) is 6.49. The van der Waals surface area contributed by atoms with Crippen LogP contribution in [-0.2, 0) is 6.54 Å². The lowest BCUT2D eigenvalue weighted by Gasteiger charge is -2.08. The van der Waals surface area contributed by atoms with Gasteiger partial charge in [-0.3, -0.25) is 0 Å². The third-order valence-electron chi connectivity index (χ3n) is 4.44. The minimum atomic E-state index is -0.285. The largest absolute Gasteiger partial charge is 0.454 e. The Morgan fingerprint density at radius 2 is 1.90 bits per heavy atom. The quantitative estimate of drug-likeness (QED) is 0.489. The minimum Gasteiger partial charge on any atom is -0.454 e. The van der Waals surface area contributed by atoms with Gasteiger partial charge in [-0.15, -0.1) is 5.10 Å². The number of hydrogen-bond acceptors (Lipinski definition) is 8. The first-order valence-corrected chi connectivity index (χ1v) is 9.18. The van der Waals surface area contributed by atoms with Crippen molar-refractivity contribution in [1.82, 2.24) is 15.2 Å². The van der Waals surface area contributed by atoms with Crippen LogP contribution in [0.15, 0.2) is 65.2 Å². The molecular formula is C21H16FN5O3. The molecule has 1 aliphatic heterocycles. The molecule has 2 N–H and O–H groups in total. The van der Waals surface area contributed by atoms with E-state index in [-0.39, 0.29) is 18.6 Å². The Morgan fingerprint density at radius 3 is 2.83 bits per heavy atom. The predicted molar refractivity (Wildman–Crippen MR) is 107 cm³/mol. The fourth-order valence-electron chi connectivity index (χ4n) is 3.03. The summed E-state index contributed by atoms with van der Waals surface area (Å²) in [6.07, 6.45) is 1.65. The Bertz CT molecular complexity index is 1200. The Morgan fingerprint density at radius 1 is 0.967 bits per heavy atom. The molecule has 3 heterocycles. The first-order valence-electron chi connectivity index (χ1n) is 9.18. The van der Waals surface area contributed by atoms with E-state index in [1.165, 1.54) is 12.1 Å². The maximum atomic E-state index is 13.4. The Balaban J connectivity index is 1.33. The predicted octanol–water partition coefficient (Wildman–Crippen LogP) is 4.36. The minimum absolute atomic E-state index is 0.204. The van der Waals surface area contributed by atoms with Crippen molar-refractivity contribution in [2.45, 2.75) is 6.54 Å². The maximum Gasteiger partial charge on any atom is 0.320 e. The van der Waals surface area contributed by atoms with Gasteiger partial charge in [0.15, 0.2) is 11.5 Å². The van der Waals surface area contributed by atoms with Gasteiger partial charge in [-0.25, -0.2) is 9.37 Å². The third-order valence-corrected chi connectivity index (χ3v) is 4.44. The molecule has 0 amide bonds. The van der Waals surface area contributed by atoms with Crippen LogP contribution in [0.5, 0.6) is 11.5 Å². The van der Waals surface area contributed by atoms with E-state index in [9.17, 15) is 4.39 Å². The van der Waals surface area contributed by atoms with Gasteiger partial charge in [0.1, 0.15) is 11.6 Å². The molecule has 0 unspecified atom stereocenters. The lowest BCUT2D eigenvalue weighted by Crippen LogP contribution is -2.03. The zero-order valence-electron chi connectivity index (χ0n) is 15.6. The molecule has 30 heavy (non-hydrogen) atoms. The number of rotatable bonds is 6. The summed E-state index contributed by atoms with van der Waals surface area (Å²) in [6.45, 7) is 0.605. The molecule has 0 saturated heterocycles. The van der Waals surface area contributed by atoms with E-state index in [0.717, 1.165) is 11.3 Å². The van der Waals surface area contributed by atoms with Gasteiger partial charge in [0.05, 0.1) is 5.56 Å². The van der Waals surface area contributed by atoms with E-state index in [0.29, 0.717) is 35.3 Å². The lowest BCUT2D eigenvalue weighted by molar-refractivity contribution is 0.174. The molecule has 0 radical (unpaired) electrons. The van der Waals surface area contributed by atoms with E-state index in [1.807, 2.05) is 18.2 Å². The molecule has 150 valence electrons. The first kappa shape index (κ1) is 17.9. The number of nitrogens with one attached hydrogen (secondary N) is 2. The van der Waals surface area contributed by atoms with Crippen LogP contribution in [0.4, 0.5) is 21.9 Å². The number of nitrogens with zero attached hydrogens (tertiary/aromatic N) is 3. The molecule has 5 rings (SSSR count). The van der Waals surface area contributed by atoms with Crippen molar-refractivity contribution in [1.29, 1.82) is 0 Å². The van der Waals surface area contributed by atoms with Crippen LogP contribution in [0, 0.1) is 5.82 Å². The molecule has 1 aliphatic rings. The average molecular weight is 405 g/mol. The van der Waals surface area contributed by atoms with Crippen LogP contribution in [0.1, 0.15) is 5.56 Å². The van der Waals surface area contributed by atoms with E-state index in [2.05, 4.69) is 25.8 Å². The van der Waals surface area contributed by atoms with Crippen molar-refractivity contribution < 1.29 is 18.3 Å². The number of ether oxygens (including phenoxy) is 2. The van der Waals surface area contributed by atoms with Crippen molar-refractivity contribution in [3.63, 3.8) is 0 Å². The van der Waals surface area contributed by atoms with Crippen molar-refractivity contribution in [2.24, 2.45) is 0 Å². The van der Waals surface area contributed by atoms with Crippen molar-refractivity contribution in [3.05, 3.63) is 72.2 Å². The molecule has 0 aliphatic carbocycles. The highest BCUT2D eigenvalue weighted by Gasteiger charge is 2.16. The van der Waals surface area contributed by atoms with Crippen molar-refractivity contribution in [2.75, 3.05) is 17.4 Å². The number of halogens is 1. The summed E-state index contributed by atoms with van der Waals surface area (Å²) in [7, 11) is 0. The topological polar surface area (TPSA) is 94.3 Å². The molecule has 0 atom stereocenters. The Kier molecular flexibility index (Phi) is 4.60. The summed E-state index contributed by atoms with van der Waals surface area (Å²) in [5.74, 6) is 1.91. The standard InChI is InChI=1S/C21H16FN5O3/c22-14-4-1-3-13(9-14)11-24-19-16(5-2-8-23-19)20-26-27-21(30-20)25-15-6-7-17-18(10-15)29-12-28-17/h1-10H,11-12H2,(H,23,24)(H,25,27). The van der Waals surface area contributed by atoms with E-state index in [1.54, 1.807) is 30.5 Å². The third kappa shape index (κ3) is 3.72. The number of benzene rings is 2. The van der Waals surface area contributed by atoms with Gasteiger partial charge in [0, 0.05) is 24.5 Å². The highest BCUT2D eigenvalue weighted by Crippen LogP contribution is 2.35. The second-order valence-electron chi connectivity index (χ2n) is 6.49. The van der Waals surface area contributed by atoms with Crippen molar-refractivity contribution in [3.8, 4) is 23.0 Å². The van der Waals surface area contributed by atoms with Crippen LogP contribution in [0.25, 0.3) is 11.5 Å². The SMILES string of the molecule is Fc1cccc(CNc2ncccc2-c2nnc(Nc3ccc4c(c3)OCO4)o2)c1. The smallest absolute Gasteiger partial charge is 0.320 e.